The molecule has 0 spiro atoms. The molecule has 2 heterocycles. The number of hydrogen-bond donors (Lipinski definition) is 0. The molecule has 0 atom stereocenters. The molecule has 2 rings (SSSR count). The van der Waals surface area contributed by atoms with Crippen molar-refractivity contribution in [1.29, 1.82) is 0 Å². The number of rotatable bonds is 3. The average Bonchev–Trinajstić information content (AvgIpc) is 2.80. The highest BCUT2D eigenvalue weighted by atomic mass is 16.6. The first kappa shape index (κ1) is 12.7. The van der Waals surface area contributed by atoms with Gasteiger partial charge in [0.25, 0.3) is 0 Å². The van der Waals surface area contributed by atoms with Crippen LogP contribution in [0.2, 0.25) is 0 Å². The average molecular weight is 262 g/mol. The van der Waals surface area contributed by atoms with Crippen LogP contribution in [0, 0.1) is 10.1 Å². The van der Waals surface area contributed by atoms with E-state index in [1.165, 1.54) is 30.3 Å². The van der Waals surface area contributed by atoms with E-state index >= 15 is 0 Å². The summed E-state index contributed by atoms with van der Waals surface area (Å²) in [6, 6.07) is 3.02. The van der Waals surface area contributed by atoms with Crippen molar-refractivity contribution in [3.05, 3.63) is 40.2 Å². The van der Waals surface area contributed by atoms with Gasteiger partial charge in [-0.15, -0.1) is 0 Å². The normalized spacial score (nSPS) is 10.2. The van der Waals surface area contributed by atoms with E-state index in [4.69, 9.17) is 0 Å². The summed E-state index contributed by atoms with van der Waals surface area (Å²) in [7, 11) is 2.78. The van der Waals surface area contributed by atoms with Crippen LogP contribution in [0.5, 0.6) is 0 Å². The van der Waals surface area contributed by atoms with Crippen LogP contribution in [-0.4, -0.2) is 32.8 Å². The van der Waals surface area contributed by atoms with Gasteiger partial charge in [0.05, 0.1) is 17.6 Å². The van der Waals surface area contributed by atoms with Gasteiger partial charge in [-0.2, -0.15) is 5.10 Å². The number of carbonyl (C=O) groups excluding carboxylic acids is 1. The summed E-state index contributed by atoms with van der Waals surface area (Å²) in [5, 5.41) is 15.0. The predicted octanol–water partition coefficient (Wildman–Crippen LogP) is 1.18. The molecule has 0 aliphatic heterocycles. The topological polar surface area (TPSA) is 100 Å². The fraction of sp³-hybridized carbons (Fsp3) is 0.182. The van der Waals surface area contributed by atoms with Gasteiger partial charge in [0.2, 0.25) is 0 Å². The van der Waals surface area contributed by atoms with Crippen LogP contribution < -0.4 is 0 Å². The van der Waals surface area contributed by atoms with Crippen LogP contribution in [0.1, 0.15) is 10.4 Å². The Hall–Kier alpha value is -2.77. The van der Waals surface area contributed by atoms with Gasteiger partial charge in [-0.25, -0.2) is 4.79 Å². The Labute approximate surface area is 107 Å². The van der Waals surface area contributed by atoms with E-state index in [9.17, 15) is 14.9 Å². The summed E-state index contributed by atoms with van der Waals surface area (Å²) >= 11 is 0. The number of hydrogen-bond acceptors (Lipinski definition) is 6. The predicted molar refractivity (Wildman–Crippen MR) is 64.4 cm³/mol. The third kappa shape index (κ3) is 2.28. The number of aryl methyl sites for hydroxylation is 1. The van der Waals surface area contributed by atoms with Crippen molar-refractivity contribution in [2.24, 2.45) is 7.05 Å². The van der Waals surface area contributed by atoms with Gasteiger partial charge in [0, 0.05) is 13.2 Å². The Bertz CT molecular complexity index is 650. The standard InChI is InChI=1S/C11H10N4O4/c1-14-6-8(15(17)18)10(13-14)9-7(11(16)19-2)4-3-5-12-9/h3-6H,1-2H3. The van der Waals surface area contributed by atoms with Crippen molar-refractivity contribution < 1.29 is 14.5 Å². The molecule has 0 aromatic carbocycles. The first-order valence-electron chi connectivity index (χ1n) is 5.26. The van der Waals surface area contributed by atoms with Crippen LogP contribution in [0.3, 0.4) is 0 Å². The Kier molecular flexibility index (Phi) is 3.23. The molecular formula is C11H10N4O4. The van der Waals surface area contributed by atoms with Crippen molar-refractivity contribution >= 4 is 11.7 Å². The lowest BCUT2D eigenvalue weighted by Crippen LogP contribution is -2.05. The molecule has 0 radical (unpaired) electrons. The summed E-state index contributed by atoms with van der Waals surface area (Å²) in [6.45, 7) is 0. The van der Waals surface area contributed by atoms with Gasteiger partial charge in [-0.3, -0.25) is 19.8 Å². The van der Waals surface area contributed by atoms with Crippen LogP contribution in [0.15, 0.2) is 24.5 Å². The number of nitro groups is 1. The van der Waals surface area contributed by atoms with Crippen molar-refractivity contribution in [2.45, 2.75) is 0 Å². The molecule has 0 fully saturated rings. The third-order valence-corrected chi connectivity index (χ3v) is 2.44. The van der Waals surface area contributed by atoms with E-state index in [2.05, 4.69) is 14.8 Å². The quantitative estimate of drug-likeness (QED) is 0.467. The molecule has 0 bridgehead atoms. The lowest BCUT2D eigenvalue weighted by Gasteiger charge is -2.03. The van der Waals surface area contributed by atoms with E-state index in [0.29, 0.717) is 0 Å². The minimum Gasteiger partial charge on any atom is -0.465 e. The minimum absolute atomic E-state index is 0.0356. The molecule has 0 amide bonds. The SMILES string of the molecule is COC(=O)c1cccnc1-c1nn(C)cc1[N+](=O)[O-]. The summed E-state index contributed by atoms with van der Waals surface area (Å²) < 4.78 is 5.92. The fourth-order valence-electron chi connectivity index (χ4n) is 1.65. The van der Waals surface area contributed by atoms with Gasteiger partial charge in [-0.1, -0.05) is 0 Å². The number of nitrogens with zero attached hydrogens (tertiary/aromatic N) is 4. The Morgan fingerprint density at radius 2 is 2.21 bits per heavy atom. The molecular weight excluding hydrogens is 252 g/mol. The van der Waals surface area contributed by atoms with E-state index < -0.39 is 10.9 Å². The third-order valence-electron chi connectivity index (χ3n) is 2.44. The summed E-state index contributed by atoms with van der Waals surface area (Å²) in [5.74, 6) is -0.622. The van der Waals surface area contributed by atoms with Crippen LogP contribution in [0.4, 0.5) is 5.69 Å². The first-order chi connectivity index (χ1) is 9.04. The molecule has 0 saturated heterocycles. The Morgan fingerprint density at radius 3 is 2.84 bits per heavy atom. The van der Waals surface area contributed by atoms with E-state index in [1.807, 2.05) is 0 Å². The Morgan fingerprint density at radius 1 is 1.47 bits per heavy atom. The van der Waals surface area contributed by atoms with Crippen molar-refractivity contribution in [3.63, 3.8) is 0 Å². The molecule has 19 heavy (non-hydrogen) atoms. The molecule has 8 nitrogen and oxygen atoms in total. The molecule has 0 aliphatic rings. The van der Waals surface area contributed by atoms with Gasteiger partial charge in [-0.05, 0) is 12.1 Å². The molecule has 98 valence electrons. The summed E-state index contributed by atoms with van der Waals surface area (Å²) in [5.41, 5.74) is 0.0771. The van der Waals surface area contributed by atoms with Crippen LogP contribution in [0.25, 0.3) is 11.4 Å². The fourth-order valence-corrected chi connectivity index (χ4v) is 1.65. The maximum Gasteiger partial charge on any atom is 0.340 e. The van der Waals surface area contributed by atoms with Crippen LogP contribution in [-0.2, 0) is 11.8 Å². The monoisotopic (exact) mass is 262 g/mol. The molecule has 2 aromatic heterocycles. The molecule has 0 N–H and O–H groups in total. The van der Waals surface area contributed by atoms with Crippen molar-refractivity contribution in [2.75, 3.05) is 7.11 Å². The number of pyridine rings is 1. The number of methoxy groups -OCH3 is 1. The van der Waals surface area contributed by atoms with Gasteiger partial charge >= 0.3 is 11.7 Å². The number of aromatic nitrogens is 3. The maximum atomic E-state index is 11.6. The molecule has 0 aliphatic carbocycles. The highest BCUT2D eigenvalue weighted by molar-refractivity contribution is 5.96. The highest BCUT2D eigenvalue weighted by Crippen LogP contribution is 2.29. The molecule has 2 aromatic rings. The zero-order valence-electron chi connectivity index (χ0n) is 10.2. The van der Waals surface area contributed by atoms with Gasteiger partial charge in [0.15, 0.2) is 5.69 Å². The number of carbonyl (C=O) groups is 1. The molecule has 8 heteroatoms. The number of esters is 1. The zero-order chi connectivity index (χ0) is 14.0. The molecule has 0 saturated carbocycles. The summed E-state index contributed by atoms with van der Waals surface area (Å²) in [4.78, 5) is 26.0. The Balaban J connectivity index is 2.65. The first-order valence-corrected chi connectivity index (χ1v) is 5.26. The van der Waals surface area contributed by atoms with Gasteiger partial charge in [0.1, 0.15) is 11.9 Å². The molecule has 0 unspecified atom stereocenters. The lowest BCUT2D eigenvalue weighted by molar-refractivity contribution is -0.384. The highest BCUT2D eigenvalue weighted by Gasteiger charge is 2.25. The van der Waals surface area contributed by atoms with Crippen LogP contribution >= 0.6 is 0 Å². The summed E-state index contributed by atoms with van der Waals surface area (Å²) in [6.07, 6.45) is 2.69. The smallest absolute Gasteiger partial charge is 0.340 e. The van der Waals surface area contributed by atoms with E-state index in [0.717, 1.165) is 0 Å². The van der Waals surface area contributed by atoms with Gasteiger partial charge < -0.3 is 4.74 Å². The second-order valence-corrected chi connectivity index (χ2v) is 3.68. The second kappa shape index (κ2) is 4.84. The largest absolute Gasteiger partial charge is 0.465 e. The zero-order valence-corrected chi connectivity index (χ0v) is 10.2. The van der Waals surface area contributed by atoms with E-state index in [1.54, 1.807) is 13.1 Å². The maximum absolute atomic E-state index is 11.6. The second-order valence-electron chi connectivity index (χ2n) is 3.68. The van der Waals surface area contributed by atoms with Crippen molar-refractivity contribution in [3.8, 4) is 11.4 Å². The van der Waals surface area contributed by atoms with Crippen molar-refractivity contribution in [1.82, 2.24) is 14.8 Å². The lowest BCUT2D eigenvalue weighted by atomic mass is 10.1. The number of ether oxygens (including phenoxy) is 1. The van der Waals surface area contributed by atoms with E-state index in [-0.39, 0.29) is 22.6 Å². The minimum atomic E-state index is -0.622.